The number of hydrogen-bond donors (Lipinski definition) is 1. The van der Waals surface area contributed by atoms with Crippen molar-refractivity contribution in [3.63, 3.8) is 0 Å². The van der Waals surface area contributed by atoms with E-state index in [0.29, 0.717) is 30.8 Å². The quantitative estimate of drug-likeness (QED) is 0.713. The topological polar surface area (TPSA) is 80.1 Å². The molecule has 0 bridgehead atoms. The number of aromatic nitrogens is 3. The van der Waals surface area contributed by atoms with E-state index in [0.717, 1.165) is 16.8 Å². The van der Waals surface area contributed by atoms with Crippen LogP contribution < -0.4 is 5.32 Å². The van der Waals surface area contributed by atoms with Crippen molar-refractivity contribution in [3.05, 3.63) is 71.5 Å². The Balaban J connectivity index is 1.37. The van der Waals surface area contributed by atoms with Crippen LogP contribution in [0.15, 0.2) is 54.7 Å². The third-order valence-electron chi connectivity index (χ3n) is 6.15. The van der Waals surface area contributed by atoms with E-state index < -0.39 is 5.54 Å². The molecule has 30 heavy (non-hydrogen) atoms. The molecular weight excluding hydrogens is 378 g/mol. The number of aryl methyl sites for hydroxylation is 1. The van der Waals surface area contributed by atoms with Crippen molar-refractivity contribution >= 4 is 11.8 Å². The molecule has 1 aliphatic heterocycles. The van der Waals surface area contributed by atoms with Gasteiger partial charge in [-0.1, -0.05) is 36.4 Å². The summed E-state index contributed by atoms with van der Waals surface area (Å²) in [5.41, 5.74) is 3.12. The van der Waals surface area contributed by atoms with E-state index in [2.05, 4.69) is 15.4 Å². The van der Waals surface area contributed by atoms with Crippen LogP contribution in [-0.4, -0.2) is 37.0 Å². The minimum Gasteiger partial charge on any atom is -0.348 e. The van der Waals surface area contributed by atoms with E-state index in [1.807, 2.05) is 62.5 Å². The lowest BCUT2D eigenvalue weighted by Gasteiger charge is -2.28. The third-order valence-corrected chi connectivity index (χ3v) is 6.15. The van der Waals surface area contributed by atoms with E-state index in [4.69, 9.17) is 0 Å². The molecule has 0 spiro atoms. The van der Waals surface area contributed by atoms with Gasteiger partial charge in [0.15, 0.2) is 0 Å². The van der Waals surface area contributed by atoms with Gasteiger partial charge in [-0.05, 0) is 37.5 Å². The Labute approximate surface area is 174 Å². The normalized spacial score (nSPS) is 17.5. The fourth-order valence-corrected chi connectivity index (χ4v) is 4.18. The van der Waals surface area contributed by atoms with Crippen molar-refractivity contribution in [2.24, 2.45) is 7.05 Å². The number of hydrogen-bond acceptors (Lipinski definition) is 4. The van der Waals surface area contributed by atoms with Gasteiger partial charge in [0.05, 0.1) is 17.4 Å². The van der Waals surface area contributed by atoms with E-state index in [-0.39, 0.29) is 17.9 Å². The molecule has 2 aliphatic rings. The predicted molar refractivity (Wildman–Crippen MR) is 111 cm³/mol. The number of nitrogens with one attached hydrogen (secondary N) is 1. The van der Waals surface area contributed by atoms with Gasteiger partial charge in [0, 0.05) is 25.4 Å². The number of carbonyl (C=O) groups excluding carboxylic acids is 2. The first-order valence-electron chi connectivity index (χ1n) is 10.2. The van der Waals surface area contributed by atoms with Crippen LogP contribution in [0.4, 0.5) is 0 Å². The maximum atomic E-state index is 13.2. The smallest absolute Gasteiger partial charge is 0.274 e. The van der Waals surface area contributed by atoms with Crippen LogP contribution in [-0.2, 0) is 18.4 Å². The minimum atomic E-state index is -0.770. The molecule has 152 valence electrons. The molecule has 0 saturated heterocycles. The van der Waals surface area contributed by atoms with Gasteiger partial charge in [0.2, 0.25) is 5.91 Å². The van der Waals surface area contributed by atoms with Crippen molar-refractivity contribution in [2.75, 3.05) is 0 Å². The van der Waals surface area contributed by atoms with Crippen molar-refractivity contribution in [1.29, 1.82) is 0 Å². The molecule has 1 aliphatic carbocycles. The highest BCUT2D eigenvalue weighted by Gasteiger charge is 2.58. The molecule has 2 aromatic heterocycles. The van der Waals surface area contributed by atoms with Crippen LogP contribution in [0.3, 0.4) is 0 Å². The molecule has 0 unspecified atom stereocenters. The number of fused-ring (bicyclic) bond motifs is 1. The van der Waals surface area contributed by atoms with Gasteiger partial charge < -0.3 is 10.2 Å². The van der Waals surface area contributed by atoms with Crippen LogP contribution in [0.25, 0.3) is 11.4 Å². The zero-order chi connectivity index (χ0) is 20.9. The second-order valence-corrected chi connectivity index (χ2v) is 8.07. The zero-order valence-electron chi connectivity index (χ0n) is 17.0. The first kappa shape index (κ1) is 18.5. The van der Waals surface area contributed by atoms with Gasteiger partial charge >= 0.3 is 0 Å². The minimum absolute atomic E-state index is 0.0909. The number of benzene rings is 1. The lowest BCUT2D eigenvalue weighted by Crippen LogP contribution is -2.49. The SMILES string of the molecule is C[C@H](NC(=O)C1(N2Cc3ccc(-c4ccnn4C)nc3C2=O)CC1)c1ccccc1. The molecule has 1 fully saturated rings. The summed E-state index contributed by atoms with van der Waals surface area (Å²) in [6.45, 7) is 2.38. The Morgan fingerprint density at radius 2 is 1.90 bits per heavy atom. The Kier molecular flexibility index (Phi) is 4.20. The molecule has 7 heteroatoms. The van der Waals surface area contributed by atoms with Crippen LogP contribution in [0.1, 0.15) is 47.4 Å². The number of pyridine rings is 1. The predicted octanol–water partition coefficient (Wildman–Crippen LogP) is 2.85. The molecule has 5 rings (SSSR count). The summed E-state index contributed by atoms with van der Waals surface area (Å²) in [5, 5.41) is 7.27. The van der Waals surface area contributed by atoms with Crippen molar-refractivity contribution < 1.29 is 9.59 Å². The Hall–Kier alpha value is -3.48. The number of rotatable bonds is 5. The highest BCUT2D eigenvalue weighted by atomic mass is 16.2. The summed E-state index contributed by atoms with van der Waals surface area (Å²) >= 11 is 0. The largest absolute Gasteiger partial charge is 0.348 e. The molecule has 3 aromatic rings. The molecule has 1 aromatic carbocycles. The summed E-state index contributed by atoms with van der Waals surface area (Å²) in [6.07, 6.45) is 3.05. The van der Waals surface area contributed by atoms with E-state index >= 15 is 0 Å². The lowest BCUT2D eigenvalue weighted by atomic mass is 10.1. The van der Waals surface area contributed by atoms with Gasteiger partial charge in [0.25, 0.3) is 5.91 Å². The van der Waals surface area contributed by atoms with Gasteiger partial charge in [0.1, 0.15) is 11.2 Å². The standard InChI is InChI=1S/C23H23N5O2/c1-15(16-6-4-3-5-7-16)25-22(30)23(11-12-23)28-14-17-8-9-18(26-20(17)21(28)29)19-10-13-24-27(19)2/h3-10,13,15H,11-12,14H2,1-2H3,(H,25,30)/t15-/m0/s1. The number of nitrogens with zero attached hydrogens (tertiary/aromatic N) is 4. The Bertz CT molecular complexity index is 1130. The third kappa shape index (κ3) is 2.89. The van der Waals surface area contributed by atoms with Crippen LogP contribution >= 0.6 is 0 Å². The highest BCUT2D eigenvalue weighted by Crippen LogP contribution is 2.46. The summed E-state index contributed by atoms with van der Waals surface area (Å²) in [6, 6.07) is 15.4. The maximum absolute atomic E-state index is 13.2. The van der Waals surface area contributed by atoms with E-state index in [1.165, 1.54) is 0 Å². The van der Waals surface area contributed by atoms with Crippen molar-refractivity contribution in [1.82, 2.24) is 25.0 Å². The van der Waals surface area contributed by atoms with Gasteiger partial charge in [-0.3, -0.25) is 14.3 Å². The number of carbonyl (C=O) groups is 2. The zero-order valence-corrected chi connectivity index (χ0v) is 17.0. The Morgan fingerprint density at radius 3 is 2.57 bits per heavy atom. The van der Waals surface area contributed by atoms with Crippen LogP contribution in [0, 0.1) is 0 Å². The second kappa shape index (κ2) is 6.79. The lowest BCUT2D eigenvalue weighted by molar-refractivity contribution is -0.127. The first-order valence-corrected chi connectivity index (χ1v) is 10.2. The summed E-state index contributed by atoms with van der Waals surface area (Å²) in [5.74, 6) is -0.263. The fourth-order valence-electron chi connectivity index (χ4n) is 4.18. The average Bonchev–Trinajstić information content (AvgIpc) is 3.36. The average molecular weight is 401 g/mol. The molecule has 1 atom stereocenters. The molecule has 1 saturated carbocycles. The Morgan fingerprint density at radius 1 is 1.13 bits per heavy atom. The molecular formula is C23H23N5O2. The van der Waals surface area contributed by atoms with E-state index in [1.54, 1.807) is 15.8 Å². The summed E-state index contributed by atoms with van der Waals surface area (Å²) in [4.78, 5) is 32.7. The maximum Gasteiger partial charge on any atom is 0.274 e. The molecule has 0 radical (unpaired) electrons. The number of amides is 2. The molecule has 3 heterocycles. The van der Waals surface area contributed by atoms with E-state index in [9.17, 15) is 9.59 Å². The monoisotopic (exact) mass is 401 g/mol. The molecule has 1 N–H and O–H groups in total. The van der Waals surface area contributed by atoms with Gasteiger partial charge in [-0.2, -0.15) is 5.10 Å². The second-order valence-electron chi connectivity index (χ2n) is 8.07. The summed E-state index contributed by atoms with van der Waals surface area (Å²) < 4.78 is 1.73. The van der Waals surface area contributed by atoms with Crippen molar-refractivity contribution in [3.8, 4) is 11.4 Å². The van der Waals surface area contributed by atoms with Gasteiger partial charge in [-0.25, -0.2) is 4.98 Å². The van der Waals surface area contributed by atoms with Crippen LogP contribution in [0.5, 0.6) is 0 Å². The molecule has 2 amide bonds. The van der Waals surface area contributed by atoms with Crippen LogP contribution in [0.2, 0.25) is 0 Å². The summed E-state index contributed by atoms with van der Waals surface area (Å²) in [7, 11) is 1.84. The fraction of sp³-hybridized carbons (Fsp3) is 0.304. The van der Waals surface area contributed by atoms with Gasteiger partial charge in [-0.15, -0.1) is 0 Å². The first-order chi connectivity index (χ1) is 14.5. The highest BCUT2D eigenvalue weighted by molar-refractivity contribution is 6.02. The molecule has 7 nitrogen and oxygen atoms in total. The van der Waals surface area contributed by atoms with Crippen molar-refractivity contribution in [2.45, 2.75) is 37.9 Å².